The lowest BCUT2D eigenvalue weighted by Crippen LogP contribution is -2.42. The molecule has 2 aromatic carbocycles. The SMILES string of the molecule is CN=C(NCCc1ccc(OCC(N)=O)cc1)NCC(C)Oc1ccccc1C. The number of hydrogen-bond acceptors (Lipinski definition) is 4. The van der Waals surface area contributed by atoms with E-state index in [1.54, 1.807) is 7.05 Å². The molecule has 0 aliphatic rings. The molecule has 7 heteroatoms. The summed E-state index contributed by atoms with van der Waals surface area (Å²) < 4.78 is 11.2. The van der Waals surface area contributed by atoms with Crippen LogP contribution in [0.3, 0.4) is 0 Å². The Balaban J connectivity index is 1.70. The Morgan fingerprint density at radius 1 is 1.14 bits per heavy atom. The molecule has 1 amide bonds. The lowest BCUT2D eigenvalue weighted by atomic mass is 10.1. The zero-order valence-corrected chi connectivity index (χ0v) is 17.3. The molecular weight excluding hydrogens is 368 g/mol. The monoisotopic (exact) mass is 398 g/mol. The first kappa shape index (κ1) is 22.1. The molecule has 0 fully saturated rings. The Morgan fingerprint density at radius 2 is 1.86 bits per heavy atom. The normalized spacial score (nSPS) is 12.2. The highest BCUT2D eigenvalue weighted by Gasteiger charge is 2.07. The molecule has 0 aromatic heterocycles. The van der Waals surface area contributed by atoms with Crippen LogP contribution in [0.2, 0.25) is 0 Å². The van der Waals surface area contributed by atoms with E-state index in [4.69, 9.17) is 15.2 Å². The Kier molecular flexibility index (Phi) is 8.82. The van der Waals surface area contributed by atoms with Crippen molar-refractivity contribution in [1.29, 1.82) is 0 Å². The number of primary amides is 1. The quantitative estimate of drug-likeness (QED) is 0.420. The minimum absolute atomic E-state index is 0.00240. The van der Waals surface area contributed by atoms with Gasteiger partial charge in [0.15, 0.2) is 12.6 Å². The average Bonchev–Trinajstić information content (AvgIpc) is 2.71. The zero-order chi connectivity index (χ0) is 21.1. The number of aliphatic imine (C=N–C) groups is 1. The van der Waals surface area contributed by atoms with Gasteiger partial charge in [0.05, 0.1) is 6.54 Å². The van der Waals surface area contributed by atoms with Crippen molar-refractivity contribution in [3.63, 3.8) is 0 Å². The van der Waals surface area contributed by atoms with E-state index in [2.05, 4.69) is 15.6 Å². The summed E-state index contributed by atoms with van der Waals surface area (Å²) in [6.07, 6.45) is 0.828. The van der Waals surface area contributed by atoms with Crippen LogP contribution in [0, 0.1) is 6.92 Å². The molecule has 0 saturated carbocycles. The number of carbonyl (C=O) groups excluding carboxylic acids is 1. The molecule has 0 radical (unpaired) electrons. The Morgan fingerprint density at radius 3 is 2.52 bits per heavy atom. The third-order valence-electron chi connectivity index (χ3n) is 4.21. The number of ether oxygens (including phenoxy) is 2. The van der Waals surface area contributed by atoms with Crippen molar-refractivity contribution in [3.05, 3.63) is 59.7 Å². The minimum atomic E-state index is -0.490. The second-order valence-corrected chi connectivity index (χ2v) is 6.72. The topological polar surface area (TPSA) is 98.0 Å². The first-order valence-electron chi connectivity index (χ1n) is 9.64. The highest BCUT2D eigenvalue weighted by atomic mass is 16.5. The number of nitrogens with one attached hydrogen (secondary N) is 2. The molecule has 0 aliphatic carbocycles. The van der Waals surface area contributed by atoms with E-state index in [9.17, 15) is 4.79 Å². The third kappa shape index (κ3) is 8.13. The number of guanidine groups is 1. The summed E-state index contributed by atoms with van der Waals surface area (Å²) >= 11 is 0. The molecule has 4 N–H and O–H groups in total. The fourth-order valence-corrected chi connectivity index (χ4v) is 2.64. The highest BCUT2D eigenvalue weighted by Crippen LogP contribution is 2.17. The van der Waals surface area contributed by atoms with Crippen LogP contribution >= 0.6 is 0 Å². The van der Waals surface area contributed by atoms with Gasteiger partial charge in [-0.2, -0.15) is 0 Å². The van der Waals surface area contributed by atoms with Crippen molar-refractivity contribution < 1.29 is 14.3 Å². The van der Waals surface area contributed by atoms with Gasteiger partial charge in [-0.1, -0.05) is 30.3 Å². The van der Waals surface area contributed by atoms with Crippen LogP contribution < -0.4 is 25.8 Å². The summed E-state index contributed by atoms with van der Waals surface area (Å²) in [4.78, 5) is 15.0. The van der Waals surface area contributed by atoms with Gasteiger partial charge in [-0.25, -0.2) is 0 Å². The molecule has 29 heavy (non-hydrogen) atoms. The van der Waals surface area contributed by atoms with Crippen LogP contribution in [-0.2, 0) is 11.2 Å². The van der Waals surface area contributed by atoms with E-state index >= 15 is 0 Å². The number of aryl methyl sites for hydroxylation is 1. The first-order chi connectivity index (χ1) is 14.0. The summed E-state index contributed by atoms with van der Waals surface area (Å²) in [6, 6.07) is 15.6. The van der Waals surface area contributed by atoms with Gasteiger partial charge in [-0.05, 0) is 49.6 Å². The van der Waals surface area contributed by atoms with Gasteiger partial charge in [0.2, 0.25) is 0 Å². The van der Waals surface area contributed by atoms with Crippen molar-refractivity contribution >= 4 is 11.9 Å². The van der Waals surface area contributed by atoms with Crippen molar-refractivity contribution in [2.24, 2.45) is 10.7 Å². The Labute approximate surface area is 172 Å². The lowest BCUT2D eigenvalue weighted by Gasteiger charge is -2.18. The smallest absolute Gasteiger partial charge is 0.255 e. The molecule has 2 rings (SSSR count). The summed E-state index contributed by atoms with van der Waals surface area (Å²) in [5.41, 5.74) is 7.34. The number of nitrogens with two attached hydrogens (primary N) is 1. The van der Waals surface area contributed by atoms with Gasteiger partial charge in [0.1, 0.15) is 17.6 Å². The standard InChI is InChI=1S/C22H30N4O3/c1-16-6-4-5-7-20(16)29-17(2)14-26-22(24-3)25-13-12-18-8-10-19(11-9-18)28-15-21(23)27/h4-11,17H,12-15H2,1-3H3,(H2,23,27)(H2,24,25,26). The second-order valence-electron chi connectivity index (χ2n) is 6.72. The number of amides is 1. The number of benzene rings is 2. The Hall–Kier alpha value is -3.22. The largest absolute Gasteiger partial charge is 0.489 e. The molecule has 1 atom stereocenters. The molecule has 0 spiro atoms. The van der Waals surface area contributed by atoms with Crippen LogP contribution in [0.1, 0.15) is 18.1 Å². The summed E-state index contributed by atoms with van der Waals surface area (Å²) in [7, 11) is 1.74. The molecule has 7 nitrogen and oxygen atoms in total. The van der Waals surface area contributed by atoms with Crippen molar-refractivity contribution in [2.75, 3.05) is 26.7 Å². The number of rotatable bonds is 10. The maximum atomic E-state index is 10.7. The predicted octanol–water partition coefficient (Wildman–Crippen LogP) is 2.03. The van der Waals surface area contributed by atoms with E-state index in [1.807, 2.05) is 62.4 Å². The number of para-hydroxylation sites is 1. The number of hydrogen-bond donors (Lipinski definition) is 3. The third-order valence-corrected chi connectivity index (χ3v) is 4.21. The summed E-state index contributed by atoms with van der Waals surface area (Å²) in [6.45, 7) is 5.31. The van der Waals surface area contributed by atoms with Gasteiger partial charge < -0.3 is 25.8 Å². The van der Waals surface area contributed by atoms with Crippen LogP contribution in [-0.4, -0.2) is 44.7 Å². The van der Waals surface area contributed by atoms with E-state index in [1.165, 1.54) is 0 Å². The highest BCUT2D eigenvalue weighted by molar-refractivity contribution is 5.79. The second kappa shape index (κ2) is 11.6. The maximum absolute atomic E-state index is 10.7. The van der Waals surface area contributed by atoms with Crippen LogP contribution in [0.5, 0.6) is 11.5 Å². The molecule has 156 valence electrons. The van der Waals surface area contributed by atoms with E-state index in [0.717, 1.165) is 35.8 Å². The van der Waals surface area contributed by atoms with Gasteiger partial charge >= 0.3 is 0 Å². The van der Waals surface area contributed by atoms with Crippen molar-refractivity contribution in [2.45, 2.75) is 26.4 Å². The maximum Gasteiger partial charge on any atom is 0.255 e. The Bertz CT molecular complexity index is 806. The minimum Gasteiger partial charge on any atom is -0.489 e. The van der Waals surface area contributed by atoms with Crippen molar-refractivity contribution in [3.8, 4) is 11.5 Å². The molecule has 0 bridgehead atoms. The predicted molar refractivity (Wildman–Crippen MR) is 115 cm³/mol. The average molecular weight is 399 g/mol. The first-order valence-corrected chi connectivity index (χ1v) is 9.64. The fourth-order valence-electron chi connectivity index (χ4n) is 2.64. The van der Waals surface area contributed by atoms with Gasteiger partial charge in [0, 0.05) is 13.6 Å². The van der Waals surface area contributed by atoms with E-state index in [-0.39, 0.29) is 12.7 Å². The molecule has 1 unspecified atom stereocenters. The van der Waals surface area contributed by atoms with Crippen LogP contribution in [0.15, 0.2) is 53.5 Å². The molecule has 0 heterocycles. The summed E-state index contributed by atoms with van der Waals surface area (Å²) in [5, 5.41) is 6.58. The van der Waals surface area contributed by atoms with E-state index in [0.29, 0.717) is 12.3 Å². The molecule has 0 saturated heterocycles. The fraction of sp³-hybridized carbons (Fsp3) is 0.364. The molecular formula is C22H30N4O3. The van der Waals surface area contributed by atoms with E-state index < -0.39 is 5.91 Å². The van der Waals surface area contributed by atoms with Crippen LogP contribution in [0.4, 0.5) is 0 Å². The lowest BCUT2D eigenvalue weighted by molar-refractivity contribution is -0.119. The zero-order valence-electron chi connectivity index (χ0n) is 17.3. The number of carbonyl (C=O) groups is 1. The van der Waals surface area contributed by atoms with Gasteiger partial charge in [-0.15, -0.1) is 0 Å². The van der Waals surface area contributed by atoms with Gasteiger partial charge in [-0.3, -0.25) is 9.79 Å². The van der Waals surface area contributed by atoms with Crippen LogP contribution in [0.25, 0.3) is 0 Å². The van der Waals surface area contributed by atoms with Crippen molar-refractivity contribution in [1.82, 2.24) is 10.6 Å². The summed E-state index contributed by atoms with van der Waals surface area (Å²) in [5.74, 6) is 1.76. The molecule has 2 aromatic rings. The number of nitrogens with zero attached hydrogens (tertiary/aromatic N) is 1. The molecule has 0 aliphatic heterocycles. The van der Waals surface area contributed by atoms with Gasteiger partial charge in [0.25, 0.3) is 5.91 Å².